The van der Waals surface area contributed by atoms with E-state index in [9.17, 15) is 4.39 Å². The minimum atomic E-state index is -0.133. The Morgan fingerprint density at radius 1 is 1.00 bits per heavy atom. The highest BCUT2D eigenvalue weighted by atomic mass is 19.1. The number of rotatable bonds is 3. The molecule has 1 aromatic carbocycles. The van der Waals surface area contributed by atoms with Crippen molar-refractivity contribution in [3.63, 3.8) is 0 Å². The van der Waals surface area contributed by atoms with Crippen molar-refractivity contribution < 1.29 is 4.39 Å². The van der Waals surface area contributed by atoms with Crippen LogP contribution in [0.5, 0.6) is 0 Å². The summed E-state index contributed by atoms with van der Waals surface area (Å²) < 4.78 is 13.4. The van der Waals surface area contributed by atoms with Crippen molar-refractivity contribution in [1.82, 2.24) is 0 Å². The van der Waals surface area contributed by atoms with Gasteiger partial charge in [-0.15, -0.1) is 0 Å². The topological polar surface area (TPSA) is 0 Å². The number of allylic oxidation sites excluding steroid dienone is 2. The van der Waals surface area contributed by atoms with E-state index in [0.717, 1.165) is 18.3 Å². The Morgan fingerprint density at radius 3 is 2.19 bits per heavy atom. The third kappa shape index (κ3) is 4.78. The van der Waals surface area contributed by atoms with Crippen LogP contribution in [0.4, 0.5) is 4.39 Å². The second kappa shape index (κ2) is 7.49. The van der Waals surface area contributed by atoms with Gasteiger partial charge in [0.2, 0.25) is 0 Å². The van der Waals surface area contributed by atoms with E-state index in [-0.39, 0.29) is 5.82 Å². The van der Waals surface area contributed by atoms with Gasteiger partial charge in [-0.05, 0) is 97.3 Å². The van der Waals surface area contributed by atoms with Gasteiger partial charge in [0.15, 0.2) is 0 Å². The van der Waals surface area contributed by atoms with Crippen molar-refractivity contribution in [3.8, 4) is 0 Å². The summed E-state index contributed by atoms with van der Waals surface area (Å²) in [6, 6.07) is 7.22. The highest BCUT2D eigenvalue weighted by Crippen LogP contribution is 2.47. The molecule has 0 bridgehead atoms. The highest BCUT2D eigenvalue weighted by Gasteiger charge is 2.32. The first-order valence-corrected chi connectivity index (χ1v) is 10.6. The molecule has 0 saturated heterocycles. The molecule has 2 aliphatic rings. The Morgan fingerprint density at radius 2 is 1.62 bits per heavy atom. The van der Waals surface area contributed by atoms with Crippen molar-refractivity contribution >= 4 is 5.57 Å². The monoisotopic (exact) mass is 356 g/mol. The molecule has 0 spiro atoms. The van der Waals surface area contributed by atoms with Crippen LogP contribution in [0, 0.1) is 28.5 Å². The fourth-order valence-corrected chi connectivity index (χ4v) is 5.10. The molecule has 0 atom stereocenters. The van der Waals surface area contributed by atoms with Crippen LogP contribution in [0.1, 0.15) is 91.5 Å². The summed E-state index contributed by atoms with van der Waals surface area (Å²) in [6.07, 6.45) is 10.4. The minimum absolute atomic E-state index is 0.133. The molecule has 0 heterocycles. The Balaban J connectivity index is 1.76. The van der Waals surface area contributed by atoms with Crippen LogP contribution in [-0.4, -0.2) is 0 Å². The summed E-state index contributed by atoms with van der Waals surface area (Å²) >= 11 is 0. The Labute approximate surface area is 160 Å². The van der Waals surface area contributed by atoms with E-state index < -0.39 is 0 Å². The van der Waals surface area contributed by atoms with Gasteiger partial charge in [-0.25, -0.2) is 4.39 Å². The Kier molecular flexibility index (Phi) is 5.66. The fourth-order valence-electron chi connectivity index (χ4n) is 5.10. The molecule has 3 rings (SSSR count). The summed E-state index contributed by atoms with van der Waals surface area (Å²) in [5.41, 5.74) is 5.24. The lowest BCUT2D eigenvalue weighted by Crippen LogP contribution is -2.26. The van der Waals surface area contributed by atoms with Gasteiger partial charge in [-0.2, -0.15) is 0 Å². The van der Waals surface area contributed by atoms with Gasteiger partial charge in [0.25, 0.3) is 0 Å². The van der Waals surface area contributed by atoms with Crippen molar-refractivity contribution in [2.24, 2.45) is 22.7 Å². The van der Waals surface area contributed by atoms with Crippen LogP contribution >= 0.6 is 0 Å². The molecule has 26 heavy (non-hydrogen) atoms. The van der Waals surface area contributed by atoms with Gasteiger partial charge >= 0.3 is 0 Å². The van der Waals surface area contributed by atoms with Gasteiger partial charge in [0, 0.05) is 0 Å². The zero-order chi connectivity index (χ0) is 18.9. The highest BCUT2D eigenvalue weighted by molar-refractivity contribution is 5.70. The molecule has 1 fully saturated rings. The molecule has 0 radical (unpaired) electrons. The van der Waals surface area contributed by atoms with Crippen LogP contribution in [0.15, 0.2) is 29.8 Å². The van der Waals surface area contributed by atoms with Crippen LogP contribution in [0.2, 0.25) is 0 Å². The summed E-state index contributed by atoms with van der Waals surface area (Å²) in [5.74, 6) is 1.60. The molecule has 144 valence electrons. The van der Waals surface area contributed by atoms with Crippen LogP contribution in [0.25, 0.3) is 5.57 Å². The molecule has 2 aliphatic carbocycles. The molecular weight excluding hydrogens is 319 g/mol. The molecule has 0 N–H and O–H groups in total. The maximum atomic E-state index is 13.4. The first kappa shape index (κ1) is 19.6. The lowest BCUT2D eigenvalue weighted by atomic mass is 9.67. The normalized spacial score (nSPS) is 26.8. The van der Waals surface area contributed by atoms with Crippen molar-refractivity contribution in [2.75, 3.05) is 0 Å². The van der Waals surface area contributed by atoms with E-state index in [1.54, 1.807) is 17.7 Å². The van der Waals surface area contributed by atoms with E-state index >= 15 is 0 Å². The zero-order valence-corrected chi connectivity index (χ0v) is 17.5. The molecule has 0 amide bonds. The maximum Gasteiger partial charge on any atom is 0.123 e. The molecule has 1 saturated carbocycles. The van der Waals surface area contributed by atoms with Crippen molar-refractivity contribution in [1.29, 1.82) is 0 Å². The number of hydrogen-bond donors (Lipinski definition) is 0. The average Bonchev–Trinajstić information content (AvgIpc) is 2.57. The van der Waals surface area contributed by atoms with Gasteiger partial charge < -0.3 is 0 Å². The summed E-state index contributed by atoms with van der Waals surface area (Å²) in [7, 11) is 0. The van der Waals surface area contributed by atoms with Gasteiger partial charge in [0.1, 0.15) is 5.82 Å². The third-order valence-corrected chi connectivity index (χ3v) is 6.98. The summed E-state index contributed by atoms with van der Waals surface area (Å²) in [4.78, 5) is 0. The Bertz CT molecular complexity index is 634. The predicted octanol–water partition coefficient (Wildman–Crippen LogP) is 8.03. The van der Waals surface area contributed by atoms with Gasteiger partial charge in [-0.3, -0.25) is 0 Å². The SMILES string of the molecule is CC1(C)CCC(CC2CCC(C(C)(C)C)CC2)=C(c2ccc(F)cc2)C1. The zero-order valence-electron chi connectivity index (χ0n) is 17.5. The Hall–Kier alpha value is -1.11. The smallest absolute Gasteiger partial charge is 0.123 e. The van der Waals surface area contributed by atoms with Crippen LogP contribution in [-0.2, 0) is 0 Å². The summed E-state index contributed by atoms with van der Waals surface area (Å²) in [6.45, 7) is 12.0. The number of hydrogen-bond acceptors (Lipinski definition) is 0. The largest absolute Gasteiger partial charge is 0.207 e. The number of halogens is 1. The second-order valence-electron chi connectivity index (χ2n) is 10.7. The van der Waals surface area contributed by atoms with E-state index in [0.29, 0.717) is 10.8 Å². The quantitative estimate of drug-likeness (QED) is 0.514. The van der Waals surface area contributed by atoms with Crippen molar-refractivity contribution in [2.45, 2.75) is 86.0 Å². The second-order valence-corrected chi connectivity index (χ2v) is 10.7. The van der Waals surface area contributed by atoms with E-state index in [1.807, 2.05) is 12.1 Å². The first-order valence-electron chi connectivity index (χ1n) is 10.6. The van der Waals surface area contributed by atoms with E-state index in [2.05, 4.69) is 34.6 Å². The standard InChI is InChI=1S/C25H37F/c1-24(2,3)21-10-6-18(7-11-21)16-20-14-15-25(4,5)17-23(20)19-8-12-22(26)13-9-19/h8-9,12-13,18,21H,6-7,10-11,14-17H2,1-5H3. The van der Waals surface area contributed by atoms with Crippen LogP contribution < -0.4 is 0 Å². The number of benzene rings is 1. The molecule has 0 nitrogen and oxygen atoms in total. The van der Waals surface area contributed by atoms with E-state index in [1.165, 1.54) is 56.1 Å². The third-order valence-electron chi connectivity index (χ3n) is 6.98. The molecule has 1 heteroatoms. The molecule has 0 unspecified atom stereocenters. The summed E-state index contributed by atoms with van der Waals surface area (Å²) in [5, 5.41) is 0. The van der Waals surface area contributed by atoms with Crippen LogP contribution in [0.3, 0.4) is 0 Å². The lowest BCUT2D eigenvalue weighted by Gasteiger charge is -2.39. The molecule has 0 aromatic heterocycles. The minimum Gasteiger partial charge on any atom is -0.207 e. The maximum absolute atomic E-state index is 13.4. The molecular formula is C25H37F. The van der Waals surface area contributed by atoms with Gasteiger partial charge in [0.05, 0.1) is 0 Å². The lowest BCUT2D eigenvalue weighted by molar-refractivity contribution is 0.149. The van der Waals surface area contributed by atoms with E-state index in [4.69, 9.17) is 0 Å². The predicted molar refractivity (Wildman–Crippen MR) is 110 cm³/mol. The first-order chi connectivity index (χ1) is 12.1. The molecule has 1 aromatic rings. The van der Waals surface area contributed by atoms with Gasteiger partial charge in [-0.1, -0.05) is 52.3 Å². The fraction of sp³-hybridized carbons (Fsp3) is 0.680. The average molecular weight is 357 g/mol. The van der Waals surface area contributed by atoms with Crippen molar-refractivity contribution in [3.05, 3.63) is 41.2 Å². The molecule has 0 aliphatic heterocycles.